The maximum Gasteiger partial charge on any atom is 0.409 e. The predicted molar refractivity (Wildman–Crippen MR) is 80.1 cm³/mol. The van der Waals surface area contributed by atoms with Crippen molar-refractivity contribution in [2.75, 3.05) is 27.8 Å². The Balaban J connectivity index is 1.84. The summed E-state index contributed by atoms with van der Waals surface area (Å²) in [6.07, 6.45) is -0.698. The van der Waals surface area contributed by atoms with E-state index in [4.69, 9.17) is 23.7 Å². The van der Waals surface area contributed by atoms with Crippen LogP contribution in [-0.4, -0.2) is 64.0 Å². The fraction of sp³-hybridized carbons (Fsp3) is 0.667. The van der Waals surface area contributed by atoms with Crippen LogP contribution in [0.2, 0.25) is 0 Å². The summed E-state index contributed by atoms with van der Waals surface area (Å²) >= 11 is 0. The number of ether oxygens (including phenoxy) is 5. The molecule has 0 bridgehead atoms. The van der Waals surface area contributed by atoms with Gasteiger partial charge in [-0.05, 0) is 6.42 Å². The molecule has 2 amide bonds. The molecule has 25 heavy (non-hydrogen) atoms. The maximum absolute atomic E-state index is 12.0. The number of carbonyl (C=O) groups excluding carboxylic acids is 3. The van der Waals surface area contributed by atoms with E-state index in [9.17, 15) is 14.4 Å². The number of carbonyl (C=O) groups is 3. The molecule has 0 aromatic carbocycles. The lowest BCUT2D eigenvalue weighted by atomic mass is 9.81. The minimum absolute atomic E-state index is 0.0378. The minimum Gasteiger partial charge on any atom is -0.466 e. The third-order valence-corrected chi connectivity index (χ3v) is 4.82. The Morgan fingerprint density at radius 3 is 2.64 bits per heavy atom. The quantitative estimate of drug-likeness (QED) is 0.406. The first-order chi connectivity index (χ1) is 12.0. The monoisotopic (exact) mass is 356 g/mol. The number of nitrogens with one attached hydrogen (secondary N) is 2. The van der Waals surface area contributed by atoms with E-state index in [1.807, 2.05) is 0 Å². The lowest BCUT2D eigenvalue weighted by Gasteiger charge is -2.36. The van der Waals surface area contributed by atoms with Crippen LogP contribution in [0.25, 0.3) is 0 Å². The average Bonchev–Trinajstić information content (AvgIpc) is 3.23. The second-order valence-electron chi connectivity index (χ2n) is 5.98. The SMILES string of the molecule is CNC(=O)OC[C@@]12O[C@H]1C[C@@H]1C(C(=O)OC)=CO[C@@H](OC(=O)NC)[C@H]12. The van der Waals surface area contributed by atoms with E-state index in [0.717, 1.165) is 0 Å². The minimum atomic E-state index is -0.973. The molecular formula is C15H20N2O8. The van der Waals surface area contributed by atoms with Crippen molar-refractivity contribution in [2.45, 2.75) is 24.4 Å². The largest absolute Gasteiger partial charge is 0.466 e. The average molecular weight is 356 g/mol. The number of methoxy groups -OCH3 is 1. The van der Waals surface area contributed by atoms with Crippen LogP contribution in [0.15, 0.2) is 11.8 Å². The molecule has 2 N–H and O–H groups in total. The van der Waals surface area contributed by atoms with Crippen LogP contribution in [0.4, 0.5) is 9.59 Å². The van der Waals surface area contributed by atoms with Gasteiger partial charge in [-0.25, -0.2) is 14.4 Å². The molecule has 0 radical (unpaired) electrons. The van der Waals surface area contributed by atoms with Crippen LogP contribution in [0, 0.1) is 11.8 Å². The zero-order valence-electron chi connectivity index (χ0n) is 14.1. The van der Waals surface area contributed by atoms with Crippen molar-refractivity contribution in [2.24, 2.45) is 11.8 Å². The molecule has 1 saturated carbocycles. The van der Waals surface area contributed by atoms with Crippen LogP contribution >= 0.6 is 0 Å². The molecule has 3 aliphatic rings. The first-order valence-corrected chi connectivity index (χ1v) is 7.81. The predicted octanol–water partition coefficient (Wildman–Crippen LogP) is -0.115. The van der Waals surface area contributed by atoms with E-state index in [0.29, 0.717) is 12.0 Å². The molecule has 3 rings (SSSR count). The molecule has 2 fully saturated rings. The Bertz CT molecular complexity index is 621. The van der Waals surface area contributed by atoms with Crippen molar-refractivity contribution >= 4 is 18.2 Å². The molecule has 10 nitrogen and oxygen atoms in total. The van der Waals surface area contributed by atoms with Crippen molar-refractivity contribution in [1.29, 1.82) is 0 Å². The molecule has 5 atom stereocenters. The van der Waals surface area contributed by atoms with Crippen molar-refractivity contribution in [3.63, 3.8) is 0 Å². The molecule has 10 heteroatoms. The second-order valence-corrected chi connectivity index (χ2v) is 5.98. The highest BCUT2D eigenvalue weighted by Gasteiger charge is 2.74. The zero-order chi connectivity index (χ0) is 18.2. The van der Waals surface area contributed by atoms with E-state index < -0.39 is 36.0 Å². The standard InChI is InChI=1S/C15H20N2O8/c1-16-13(19)23-6-15-9(25-15)4-7-8(11(18)21-3)5-22-12(10(7)15)24-14(20)17-2/h5,7,9-10,12H,4,6H2,1-3H3,(H,16,19)(H,17,20)/t7-,9+,10+,12+,15-/m1/s1. The fourth-order valence-corrected chi connectivity index (χ4v) is 3.60. The van der Waals surface area contributed by atoms with Gasteiger partial charge in [-0.1, -0.05) is 0 Å². The Morgan fingerprint density at radius 2 is 2.00 bits per heavy atom. The Morgan fingerprint density at radius 1 is 1.28 bits per heavy atom. The lowest BCUT2D eigenvalue weighted by Crippen LogP contribution is -2.47. The summed E-state index contributed by atoms with van der Waals surface area (Å²) in [5.41, 5.74) is -0.511. The number of hydrogen-bond acceptors (Lipinski definition) is 8. The first-order valence-electron chi connectivity index (χ1n) is 7.81. The lowest BCUT2D eigenvalue weighted by molar-refractivity contribution is -0.154. The number of esters is 1. The van der Waals surface area contributed by atoms with Crippen LogP contribution in [0.5, 0.6) is 0 Å². The van der Waals surface area contributed by atoms with Crippen LogP contribution < -0.4 is 10.6 Å². The zero-order valence-corrected chi connectivity index (χ0v) is 14.1. The molecule has 1 saturated heterocycles. The first kappa shape index (κ1) is 17.3. The summed E-state index contributed by atoms with van der Waals surface area (Å²) in [7, 11) is 4.15. The number of amides is 2. The Labute approximate surface area is 143 Å². The molecule has 0 spiro atoms. The van der Waals surface area contributed by atoms with Crippen molar-refractivity contribution in [1.82, 2.24) is 10.6 Å². The third kappa shape index (κ3) is 2.86. The summed E-state index contributed by atoms with van der Waals surface area (Å²) in [5.74, 6) is -1.31. The number of fused-ring (bicyclic) bond motifs is 3. The van der Waals surface area contributed by atoms with E-state index >= 15 is 0 Å². The molecule has 138 valence electrons. The summed E-state index contributed by atoms with van der Waals surface area (Å²) in [6, 6.07) is 0. The van der Waals surface area contributed by atoms with Gasteiger partial charge >= 0.3 is 18.2 Å². The highest BCUT2D eigenvalue weighted by atomic mass is 16.7. The highest BCUT2D eigenvalue weighted by molar-refractivity contribution is 5.89. The normalized spacial score (nSPS) is 34.4. The van der Waals surface area contributed by atoms with Gasteiger partial charge in [0.15, 0.2) is 0 Å². The van der Waals surface area contributed by atoms with Crippen molar-refractivity contribution < 1.29 is 38.1 Å². The maximum atomic E-state index is 12.0. The van der Waals surface area contributed by atoms with Crippen LogP contribution in [0.3, 0.4) is 0 Å². The van der Waals surface area contributed by atoms with Crippen molar-refractivity contribution in [3.05, 3.63) is 11.8 Å². The van der Waals surface area contributed by atoms with E-state index in [1.54, 1.807) is 0 Å². The summed E-state index contributed by atoms with van der Waals surface area (Å²) < 4.78 is 26.4. The van der Waals surface area contributed by atoms with Gasteiger partial charge in [0.2, 0.25) is 0 Å². The topological polar surface area (TPSA) is 125 Å². The molecule has 2 aliphatic heterocycles. The molecule has 1 aliphatic carbocycles. The summed E-state index contributed by atoms with van der Waals surface area (Å²) in [6.45, 7) is -0.0378. The van der Waals surface area contributed by atoms with Crippen molar-refractivity contribution in [3.8, 4) is 0 Å². The molecule has 0 aromatic rings. The molecule has 2 heterocycles. The van der Waals surface area contributed by atoms with Gasteiger partial charge in [-0.15, -0.1) is 0 Å². The smallest absolute Gasteiger partial charge is 0.409 e. The van der Waals surface area contributed by atoms with E-state index in [2.05, 4.69) is 10.6 Å². The number of hydrogen-bond donors (Lipinski definition) is 2. The highest BCUT2D eigenvalue weighted by Crippen LogP contribution is 2.61. The second kappa shape index (κ2) is 6.43. The van der Waals surface area contributed by atoms with Gasteiger partial charge in [-0.3, -0.25) is 0 Å². The Hall–Kier alpha value is -2.49. The molecule has 0 aromatic heterocycles. The number of rotatable bonds is 4. The number of epoxide rings is 1. The summed E-state index contributed by atoms with van der Waals surface area (Å²) in [5, 5.41) is 4.70. The van der Waals surface area contributed by atoms with Crippen LogP contribution in [-0.2, 0) is 28.5 Å². The van der Waals surface area contributed by atoms with Gasteiger partial charge < -0.3 is 34.3 Å². The van der Waals surface area contributed by atoms with E-state index in [-0.39, 0.29) is 18.6 Å². The van der Waals surface area contributed by atoms with Gasteiger partial charge in [0.25, 0.3) is 6.29 Å². The summed E-state index contributed by atoms with van der Waals surface area (Å²) in [4.78, 5) is 35.0. The van der Waals surface area contributed by atoms with Gasteiger partial charge in [0, 0.05) is 20.0 Å². The van der Waals surface area contributed by atoms with Crippen LogP contribution in [0.1, 0.15) is 6.42 Å². The van der Waals surface area contributed by atoms with Gasteiger partial charge in [-0.2, -0.15) is 0 Å². The van der Waals surface area contributed by atoms with Gasteiger partial charge in [0.1, 0.15) is 12.2 Å². The number of alkyl carbamates (subject to hydrolysis) is 2. The van der Waals surface area contributed by atoms with E-state index in [1.165, 1.54) is 27.5 Å². The molecular weight excluding hydrogens is 336 g/mol. The van der Waals surface area contributed by atoms with Gasteiger partial charge in [0.05, 0.1) is 31.0 Å². The fourth-order valence-electron chi connectivity index (χ4n) is 3.60. The molecule has 0 unspecified atom stereocenters. The Kier molecular flexibility index (Phi) is 4.46. The third-order valence-electron chi connectivity index (χ3n) is 4.82.